The number of rotatable bonds is 6. The second kappa shape index (κ2) is 6.48. The van der Waals surface area contributed by atoms with Gasteiger partial charge in [0, 0.05) is 5.92 Å². The van der Waals surface area contributed by atoms with Gasteiger partial charge in [-0.15, -0.1) is 0 Å². The molecule has 1 saturated heterocycles. The molecule has 3 atom stereocenters. The topological polar surface area (TPSA) is 44.8 Å². The van der Waals surface area contributed by atoms with E-state index in [2.05, 4.69) is 0 Å². The Labute approximate surface area is 120 Å². The van der Waals surface area contributed by atoms with Crippen LogP contribution in [0.1, 0.15) is 26.3 Å². The Morgan fingerprint density at radius 3 is 2.65 bits per heavy atom. The van der Waals surface area contributed by atoms with Crippen molar-refractivity contribution in [1.82, 2.24) is 0 Å². The highest BCUT2D eigenvalue weighted by atomic mass is 16.7. The van der Waals surface area contributed by atoms with Crippen LogP contribution >= 0.6 is 0 Å². The summed E-state index contributed by atoms with van der Waals surface area (Å²) in [7, 11) is 0. The van der Waals surface area contributed by atoms with E-state index in [-0.39, 0.29) is 18.1 Å². The molecule has 4 nitrogen and oxygen atoms in total. The van der Waals surface area contributed by atoms with Gasteiger partial charge in [-0.2, -0.15) is 0 Å². The molecule has 2 rings (SSSR count). The van der Waals surface area contributed by atoms with Crippen LogP contribution in [0.25, 0.3) is 0 Å². The molecule has 1 heterocycles. The maximum atomic E-state index is 11.1. The lowest BCUT2D eigenvalue weighted by molar-refractivity contribution is -0.164. The van der Waals surface area contributed by atoms with E-state index in [0.29, 0.717) is 13.2 Å². The molecule has 1 fully saturated rings. The van der Waals surface area contributed by atoms with Crippen LogP contribution in [0, 0.1) is 5.92 Å². The summed E-state index contributed by atoms with van der Waals surface area (Å²) >= 11 is 0. The van der Waals surface area contributed by atoms with Crippen molar-refractivity contribution in [2.75, 3.05) is 6.61 Å². The number of benzene rings is 1. The van der Waals surface area contributed by atoms with Crippen molar-refractivity contribution < 1.29 is 19.0 Å². The van der Waals surface area contributed by atoms with Crippen LogP contribution in [-0.4, -0.2) is 30.9 Å². The van der Waals surface area contributed by atoms with E-state index in [1.807, 2.05) is 51.1 Å². The fourth-order valence-corrected chi connectivity index (χ4v) is 2.32. The van der Waals surface area contributed by atoms with Crippen molar-refractivity contribution in [3.63, 3.8) is 0 Å². The summed E-state index contributed by atoms with van der Waals surface area (Å²) in [5, 5.41) is 0. The van der Waals surface area contributed by atoms with Gasteiger partial charge in [-0.05, 0) is 19.4 Å². The predicted molar refractivity (Wildman–Crippen MR) is 75.2 cm³/mol. The highest BCUT2D eigenvalue weighted by Crippen LogP contribution is 2.28. The number of hydrogen-bond acceptors (Lipinski definition) is 4. The molecular weight excluding hydrogens is 256 g/mol. The number of ether oxygens (including phenoxy) is 3. The van der Waals surface area contributed by atoms with Gasteiger partial charge in [0.25, 0.3) is 0 Å². The van der Waals surface area contributed by atoms with Crippen LogP contribution in [0.2, 0.25) is 0 Å². The summed E-state index contributed by atoms with van der Waals surface area (Å²) in [5.74, 6) is -0.844. The first kappa shape index (κ1) is 15.2. The Morgan fingerprint density at radius 1 is 1.40 bits per heavy atom. The maximum Gasteiger partial charge on any atom is 0.163 e. The Balaban J connectivity index is 1.99. The molecule has 0 aromatic heterocycles. The smallest absolute Gasteiger partial charge is 0.163 e. The highest BCUT2D eigenvalue weighted by molar-refractivity contribution is 5.54. The van der Waals surface area contributed by atoms with Crippen LogP contribution in [0.15, 0.2) is 30.3 Å². The van der Waals surface area contributed by atoms with Crippen LogP contribution in [0.4, 0.5) is 0 Å². The van der Waals surface area contributed by atoms with Gasteiger partial charge >= 0.3 is 0 Å². The molecular formula is C16H22O4. The molecule has 0 unspecified atom stereocenters. The fraction of sp³-hybridized carbons (Fsp3) is 0.562. The molecule has 0 radical (unpaired) electrons. The van der Waals surface area contributed by atoms with Crippen molar-refractivity contribution in [1.29, 1.82) is 0 Å². The Bertz CT molecular complexity index is 429. The van der Waals surface area contributed by atoms with E-state index >= 15 is 0 Å². The van der Waals surface area contributed by atoms with Crippen LogP contribution < -0.4 is 0 Å². The minimum atomic E-state index is -0.609. The molecule has 4 heteroatoms. The summed E-state index contributed by atoms with van der Waals surface area (Å²) < 4.78 is 17.3. The van der Waals surface area contributed by atoms with Gasteiger partial charge < -0.3 is 19.0 Å². The predicted octanol–water partition coefficient (Wildman–Crippen LogP) is 2.56. The van der Waals surface area contributed by atoms with E-state index in [9.17, 15) is 4.79 Å². The monoisotopic (exact) mass is 278 g/mol. The largest absolute Gasteiger partial charge is 0.370 e. The quantitative estimate of drug-likeness (QED) is 0.750. The Hall–Kier alpha value is -1.23. The molecule has 20 heavy (non-hydrogen) atoms. The summed E-state index contributed by atoms with van der Waals surface area (Å²) in [6.45, 7) is 6.49. The van der Waals surface area contributed by atoms with E-state index in [0.717, 1.165) is 11.8 Å². The molecule has 0 aliphatic carbocycles. The molecule has 0 saturated carbocycles. The lowest BCUT2D eigenvalue weighted by Crippen LogP contribution is -2.38. The van der Waals surface area contributed by atoms with Gasteiger partial charge in [0.15, 0.2) is 5.79 Å². The van der Waals surface area contributed by atoms with Crippen molar-refractivity contribution in [2.24, 2.45) is 5.92 Å². The lowest BCUT2D eigenvalue weighted by Gasteiger charge is -2.26. The third-order valence-electron chi connectivity index (χ3n) is 3.41. The minimum Gasteiger partial charge on any atom is -0.370 e. The zero-order valence-corrected chi connectivity index (χ0v) is 12.2. The van der Waals surface area contributed by atoms with Crippen LogP contribution in [0.3, 0.4) is 0 Å². The first-order chi connectivity index (χ1) is 9.52. The van der Waals surface area contributed by atoms with Crippen LogP contribution in [0.5, 0.6) is 0 Å². The van der Waals surface area contributed by atoms with Gasteiger partial charge in [0.2, 0.25) is 0 Å². The highest BCUT2D eigenvalue weighted by Gasteiger charge is 2.40. The zero-order chi connectivity index (χ0) is 14.6. The molecule has 0 spiro atoms. The van der Waals surface area contributed by atoms with Gasteiger partial charge in [-0.25, -0.2) is 0 Å². The van der Waals surface area contributed by atoms with E-state index in [1.54, 1.807) is 0 Å². The molecule has 1 aliphatic rings. The normalized spacial score (nSPS) is 24.2. The third kappa shape index (κ3) is 3.88. The molecule has 1 aliphatic heterocycles. The van der Waals surface area contributed by atoms with Crippen molar-refractivity contribution in [3.8, 4) is 0 Å². The van der Waals surface area contributed by atoms with Gasteiger partial charge in [-0.3, -0.25) is 0 Å². The van der Waals surface area contributed by atoms with E-state index in [1.165, 1.54) is 0 Å². The lowest BCUT2D eigenvalue weighted by atomic mass is 10.0. The summed E-state index contributed by atoms with van der Waals surface area (Å²) in [4.78, 5) is 11.1. The van der Waals surface area contributed by atoms with Crippen molar-refractivity contribution in [2.45, 2.75) is 45.4 Å². The Kier molecular flexibility index (Phi) is 4.91. The molecule has 0 N–H and O–H groups in total. The number of carbonyl (C=O) groups excluding carboxylic acids is 1. The fourth-order valence-electron chi connectivity index (χ4n) is 2.32. The van der Waals surface area contributed by atoms with Crippen molar-refractivity contribution in [3.05, 3.63) is 35.9 Å². The SMILES string of the molecule is C[C@@H](C=O)[C@H](OCc1ccccc1)[C@H]1COC(C)(C)O1. The number of hydrogen-bond donors (Lipinski definition) is 0. The average molecular weight is 278 g/mol. The van der Waals surface area contributed by atoms with Gasteiger partial charge in [0.05, 0.1) is 19.3 Å². The maximum absolute atomic E-state index is 11.1. The Morgan fingerprint density at radius 2 is 2.10 bits per heavy atom. The molecule has 110 valence electrons. The standard InChI is InChI=1S/C16H22O4/c1-12(9-17)15(14-11-19-16(2,3)20-14)18-10-13-7-5-4-6-8-13/h4-9,12,14-15H,10-11H2,1-3H3/t12-,14+,15-/m0/s1. The van der Waals surface area contributed by atoms with E-state index < -0.39 is 5.79 Å². The van der Waals surface area contributed by atoms with Gasteiger partial charge in [-0.1, -0.05) is 37.3 Å². The third-order valence-corrected chi connectivity index (χ3v) is 3.41. The summed E-state index contributed by atoms with van der Waals surface area (Å²) in [6, 6.07) is 9.90. The minimum absolute atomic E-state index is 0.214. The number of aldehydes is 1. The first-order valence-electron chi connectivity index (χ1n) is 6.94. The zero-order valence-electron chi connectivity index (χ0n) is 12.2. The van der Waals surface area contributed by atoms with Crippen molar-refractivity contribution >= 4 is 6.29 Å². The first-order valence-corrected chi connectivity index (χ1v) is 6.94. The molecule has 1 aromatic rings. The summed E-state index contributed by atoms with van der Waals surface area (Å²) in [6.07, 6.45) is 0.396. The molecule has 0 bridgehead atoms. The summed E-state index contributed by atoms with van der Waals surface area (Å²) in [5.41, 5.74) is 1.08. The van der Waals surface area contributed by atoms with Crippen LogP contribution in [-0.2, 0) is 25.6 Å². The van der Waals surface area contributed by atoms with Gasteiger partial charge in [0.1, 0.15) is 12.4 Å². The molecule has 1 aromatic carbocycles. The average Bonchev–Trinajstić information content (AvgIpc) is 2.80. The number of carbonyl (C=O) groups is 1. The second-order valence-corrected chi connectivity index (χ2v) is 5.62. The molecule has 0 amide bonds. The second-order valence-electron chi connectivity index (χ2n) is 5.62. The van der Waals surface area contributed by atoms with E-state index in [4.69, 9.17) is 14.2 Å².